The number of hydrogen-bond donors (Lipinski definition) is 2. The van der Waals surface area contributed by atoms with E-state index in [4.69, 9.17) is 29.6 Å². The molecule has 0 aliphatic carbocycles. The van der Waals surface area contributed by atoms with Crippen LogP contribution in [0.1, 0.15) is 18.4 Å². The zero-order chi connectivity index (χ0) is 12.4. The van der Waals surface area contributed by atoms with E-state index in [1.165, 1.54) is 0 Å². The molecule has 1 unspecified atom stereocenters. The molecular formula is C12H15ClN2OS. The van der Waals surface area contributed by atoms with Gasteiger partial charge < -0.3 is 15.7 Å². The number of nitrogens with zero attached hydrogens (tertiary/aromatic N) is 1. The van der Waals surface area contributed by atoms with Gasteiger partial charge >= 0.3 is 0 Å². The summed E-state index contributed by atoms with van der Waals surface area (Å²) in [5.74, 6) is 0. The minimum absolute atomic E-state index is 0.160. The van der Waals surface area contributed by atoms with Crippen LogP contribution < -0.4 is 10.6 Å². The molecular weight excluding hydrogens is 256 g/mol. The SMILES string of the molecule is NC(=S)c1ccc(N2CCCC2CO)c(Cl)c1. The molecule has 0 bridgehead atoms. The Labute approximate surface area is 111 Å². The van der Waals surface area contributed by atoms with Crippen molar-refractivity contribution in [3.05, 3.63) is 28.8 Å². The topological polar surface area (TPSA) is 49.5 Å². The molecule has 3 N–H and O–H groups in total. The molecule has 1 heterocycles. The fourth-order valence-corrected chi connectivity index (χ4v) is 2.65. The lowest BCUT2D eigenvalue weighted by Gasteiger charge is -2.26. The Morgan fingerprint density at radius 1 is 1.59 bits per heavy atom. The lowest BCUT2D eigenvalue weighted by Crippen LogP contribution is -2.32. The first kappa shape index (κ1) is 12.6. The smallest absolute Gasteiger partial charge is 0.104 e. The maximum Gasteiger partial charge on any atom is 0.104 e. The molecule has 1 fully saturated rings. The van der Waals surface area contributed by atoms with Crippen molar-refractivity contribution in [3.63, 3.8) is 0 Å². The summed E-state index contributed by atoms with van der Waals surface area (Å²) < 4.78 is 0. The highest BCUT2D eigenvalue weighted by Crippen LogP contribution is 2.32. The molecule has 0 radical (unpaired) electrons. The van der Waals surface area contributed by atoms with Crippen molar-refractivity contribution in [1.82, 2.24) is 0 Å². The predicted molar refractivity (Wildman–Crippen MR) is 74.8 cm³/mol. The zero-order valence-corrected chi connectivity index (χ0v) is 11.0. The van der Waals surface area contributed by atoms with Crippen LogP contribution in [0.5, 0.6) is 0 Å². The lowest BCUT2D eigenvalue weighted by molar-refractivity contribution is 0.266. The number of rotatable bonds is 3. The Balaban J connectivity index is 2.30. The summed E-state index contributed by atoms with van der Waals surface area (Å²) in [6.45, 7) is 1.09. The summed E-state index contributed by atoms with van der Waals surface area (Å²) >= 11 is 11.1. The first-order chi connectivity index (χ1) is 8.13. The quantitative estimate of drug-likeness (QED) is 0.824. The van der Waals surface area contributed by atoms with Gasteiger partial charge in [-0.2, -0.15) is 0 Å². The first-order valence-corrected chi connectivity index (χ1v) is 6.39. The van der Waals surface area contributed by atoms with Gasteiger partial charge in [-0.05, 0) is 31.0 Å². The Bertz CT molecular complexity index is 439. The largest absolute Gasteiger partial charge is 0.394 e. The average Bonchev–Trinajstić information content (AvgIpc) is 2.76. The van der Waals surface area contributed by atoms with Gasteiger partial charge in [-0.15, -0.1) is 0 Å². The van der Waals surface area contributed by atoms with Gasteiger partial charge in [0.2, 0.25) is 0 Å². The minimum atomic E-state index is 0.160. The van der Waals surface area contributed by atoms with Crippen molar-refractivity contribution >= 4 is 34.5 Å². The normalized spacial score (nSPS) is 19.6. The molecule has 3 nitrogen and oxygen atoms in total. The van der Waals surface area contributed by atoms with Crippen LogP contribution in [0.15, 0.2) is 18.2 Å². The Morgan fingerprint density at radius 3 is 2.94 bits per heavy atom. The van der Waals surface area contributed by atoms with E-state index in [2.05, 4.69) is 4.90 Å². The fraction of sp³-hybridized carbons (Fsp3) is 0.417. The van der Waals surface area contributed by atoms with Gasteiger partial charge in [0.15, 0.2) is 0 Å². The highest BCUT2D eigenvalue weighted by Gasteiger charge is 2.25. The molecule has 1 atom stereocenters. The van der Waals surface area contributed by atoms with E-state index in [9.17, 15) is 5.11 Å². The van der Waals surface area contributed by atoms with Crippen LogP contribution in [0.25, 0.3) is 0 Å². The molecule has 5 heteroatoms. The molecule has 17 heavy (non-hydrogen) atoms. The van der Waals surface area contributed by atoms with E-state index in [1.54, 1.807) is 6.07 Å². The maximum atomic E-state index is 9.31. The van der Waals surface area contributed by atoms with Crippen molar-refractivity contribution in [2.75, 3.05) is 18.1 Å². The second-order valence-electron chi connectivity index (χ2n) is 4.20. The number of anilines is 1. The number of aliphatic hydroxyl groups excluding tert-OH is 1. The minimum Gasteiger partial charge on any atom is -0.394 e. The molecule has 1 aromatic carbocycles. The van der Waals surface area contributed by atoms with Crippen LogP contribution in [0.2, 0.25) is 5.02 Å². The van der Waals surface area contributed by atoms with Crippen LogP contribution in [-0.4, -0.2) is 29.3 Å². The van der Waals surface area contributed by atoms with Crippen LogP contribution in [0, 0.1) is 0 Å². The number of halogens is 1. The van der Waals surface area contributed by atoms with Gasteiger partial charge in [0, 0.05) is 12.1 Å². The van der Waals surface area contributed by atoms with Crippen LogP contribution in [0.3, 0.4) is 0 Å². The van der Waals surface area contributed by atoms with Crippen LogP contribution in [-0.2, 0) is 0 Å². The molecule has 0 amide bonds. The molecule has 92 valence electrons. The average molecular weight is 271 g/mol. The second-order valence-corrected chi connectivity index (χ2v) is 5.05. The van der Waals surface area contributed by atoms with Gasteiger partial charge in [0.1, 0.15) is 4.99 Å². The predicted octanol–water partition coefficient (Wildman–Crippen LogP) is 1.94. The molecule has 2 rings (SSSR count). The molecule has 1 aliphatic heterocycles. The summed E-state index contributed by atoms with van der Waals surface area (Å²) in [6.07, 6.45) is 2.09. The molecule has 0 aromatic heterocycles. The van der Waals surface area contributed by atoms with E-state index in [0.717, 1.165) is 30.6 Å². The maximum absolute atomic E-state index is 9.31. The summed E-state index contributed by atoms with van der Waals surface area (Å²) in [5.41, 5.74) is 7.28. The van der Waals surface area contributed by atoms with E-state index in [-0.39, 0.29) is 12.6 Å². The summed E-state index contributed by atoms with van der Waals surface area (Å²) in [4.78, 5) is 2.49. The summed E-state index contributed by atoms with van der Waals surface area (Å²) in [7, 11) is 0. The van der Waals surface area contributed by atoms with Crippen molar-refractivity contribution in [2.24, 2.45) is 5.73 Å². The zero-order valence-electron chi connectivity index (χ0n) is 9.40. The van der Waals surface area contributed by atoms with E-state index in [0.29, 0.717) is 10.0 Å². The third kappa shape index (κ3) is 2.54. The van der Waals surface area contributed by atoms with Crippen LogP contribution >= 0.6 is 23.8 Å². The van der Waals surface area contributed by atoms with Crippen molar-refractivity contribution in [3.8, 4) is 0 Å². The number of benzene rings is 1. The van der Waals surface area contributed by atoms with E-state index >= 15 is 0 Å². The fourth-order valence-electron chi connectivity index (χ4n) is 2.24. The molecule has 0 spiro atoms. The highest BCUT2D eigenvalue weighted by atomic mass is 35.5. The van der Waals surface area contributed by atoms with E-state index < -0.39 is 0 Å². The number of hydrogen-bond acceptors (Lipinski definition) is 3. The number of aliphatic hydroxyl groups is 1. The monoisotopic (exact) mass is 270 g/mol. The van der Waals surface area contributed by atoms with Crippen molar-refractivity contribution in [2.45, 2.75) is 18.9 Å². The first-order valence-electron chi connectivity index (χ1n) is 5.60. The van der Waals surface area contributed by atoms with Gasteiger partial charge in [0.25, 0.3) is 0 Å². The molecule has 0 saturated carbocycles. The van der Waals surface area contributed by atoms with Crippen LogP contribution in [0.4, 0.5) is 5.69 Å². The lowest BCUT2D eigenvalue weighted by atomic mass is 10.1. The highest BCUT2D eigenvalue weighted by molar-refractivity contribution is 7.80. The summed E-state index contributed by atoms with van der Waals surface area (Å²) in [6, 6.07) is 5.75. The van der Waals surface area contributed by atoms with Crippen molar-refractivity contribution < 1.29 is 5.11 Å². The third-order valence-electron chi connectivity index (χ3n) is 3.13. The molecule has 1 saturated heterocycles. The van der Waals surface area contributed by atoms with Gasteiger partial charge in [-0.1, -0.05) is 23.8 Å². The molecule has 1 aliphatic rings. The van der Waals surface area contributed by atoms with Crippen molar-refractivity contribution in [1.29, 1.82) is 0 Å². The number of nitrogens with two attached hydrogens (primary N) is 1. The Hall–Kier alpha value is -0.840. The van der Waals surface area contributed by atoms with Gasteiger partial charge in [-0.3, -0.25) is 0 Å². The second kappa shape index (κ2) is 5.21. The van der Waals surface area contributed by atoms with Gasteiger partial charge in [-0.25, -0.2) is 0 Å². The van der Waals surface area contributed by atoms with Gasteiger partial charge in [0.05, 0.1) is 23.4 Å². The summed E-state index contributed by atoms with van der Waals surface area (Å²) in [5, 5.41) is 9.94. The Kier molecular flexibility index (Phi) is 3.86. The number of thiocarbonyl (C=S) groups is 1. The van der Waals surface area contributed by atoms with E-state index in [1.807, 2.05) is 12.1 Å². The Morgan fingerprint density at radius 2 is 2.35 bits per heavy atom. The third-order valence-corrected chi connectivity index (χ3v) is 3.67. The standard InChI is InChI=1S/C12H15ClN2OS/c13-10-6-8(12(14)17)3-4-11(10)15-5-1-2-9(15)7-16/h3-4,6,9,16H,1-2,5,7H2,(H2,14,17). The molecule has 1 aromatic rings.